The predicted octanol–water partition coefficient (Wildman–Crippen LogP) is 4.27. The predicted molar refractivity (Wildman–Crippen MR) is 99.9 cm³/mol. The molecular weight excluding hydrogens is 284 g/mol. The summed E-state index contributed by atoms with van der Waals surface area (Å²) in [6.45, 7) is 16.4. The lowest BCUT2D eigenvalue weighted by Crippen LogP contribution is -2.34. The Hall–Kier alpha value is -1.61. The van der Waals surface area contributed by atoms with Gasteiger partial charge in [-0.2, -0.15) is 0 Å². The molecule has 3 heteroatoms. The first-order chi connectivity index (χ1) is 10.9. The number of likely N-dealkylation sites (N-methyl/N-ethyl adjacent to an activating group) is 1. The van der Waals surface area contributed by atoms with Crippen molar-refractivity contribution >= 4 is 11.5 Å². The van der Waals surface area contributed by atoms with Crippen LogP contribution < -0.4 is 5.32 Å². The zero-order chi connectivity index (χ0) is 17.4. The van der Waals surface area contributed by atoms with Crippen LogP contribution in [-0.4, -0.2) is 37.0 Å². The molecule has 0 aliphatic heterocycles. The minimum absolute atomic E-state index is 0.0163. The largest absolute Gasteiger partial charge is 0.351 e. The van der Waals surface area contributed by atoms with Gasteiger partial charge in [0, 0.05) is 18.7 Å². The number of hydrogen-bond donors (Lipinski definition) is 1. The minimum atomic E-state index is 0.0163. The maximum absolute atomic E-state index is 12.4. The molecule has 128 valence electrons. The van der Waals surface area contributed by atoms with Crippen molar-refractivity contribution in [3.05, 3.63) is 40.5 Å². The molecule has 0 atom stereocenters. The van der Waals surface area contributed by atoms with Crippen molar-refractivity contribution < 1.29 is 4.79 Å². The fourth-order valence-corrected chi connectivity index (χ4v) is 2.87. The molecule has 0 aliphatic carbocycles. The highest BCUT2D eigenvalue weighted by Gasteiger charge is 2.11. The van der Waals surface area contributed by atoms with E-state index in [9.17, 15) is 4.79 Å². The number of allylic oxidation sites excluding steroid dienone is 2. The number of amides is 1. The zero-order valence-electron chi connectivity index (χ0n) is 15.6. The number of nitrogens with one attached hydrogen (secondary N) is 1. The number of hydrogen-bond acceptors (Lipinski definition) is 2. The Bertz CT molecular complexity index is 553. The molecule has 0 saturated carbocycles. The Morgan fingerprint density at radius 3 is 2.30 bits per heavy atom. The summed E-state index contributed by atoms with van der Waals surface area (Å²) in [5.41, 5.74) is 5.82. The Morgan fingerprint density at radius 2 is 1.78 bits per heavy atom. The summed E-state index contributed by atoms with van der Waals surface area (Å²) >= 11 is 0. The zero-order valence-corrected chi connectivity index (χ0v) is 15.6. The van der Waals surface area contributed by atoms with Crippen molar-refractivity contribution in [3.8, 4) is 0 Å². The lowest BCUT2D eigenvalue weighted by Gasteiger charge is -2.18. The van der Waals surface area contributed by atoms with E-state index in [4.69, 9.17) is 0 Å². The third-order valence-electron chi connectivity index (χ3n) is 4.39. The molecule has 0 aliphatic rings. The van der Waals surface area contributed by atoms with E-state index < -0.39 is 0 Å². The van der Waals surface area contributed by atoms with Crippen LogP contribution in [0, 0.1) is 6.92 Å². The number of carbonyl (C=O) groups excluding carboxylic acids is 1. The third-order valence-corrected chi connectivity index (χ3v) is 4.39. The highest BCUT2D eigenvalue weighted by atomic mass is 16.1. The van der Waals surface area contributed by atoms with Gasteiger partial charge in [-0.05, 0) is 69.1 Å². The summed E-state index contributed by atoms with van der Waals surface area (Å²) < 4.78 is 0. The van der Waals surface area contributed by atoms with E-state index in [0.717, 1.165) is 31.6 Å². The van der Waals surface area contributed by atoms with Gasteiger partial charge in [0.15, 0.2) is 0 Å². The number of nitrogens with zero attached hydrogens (tertiary/aromatic N) is 1. The highest BCUT2D eigenvalue weighted by Crippen LogP contribution is 2.26. The van der Waals surface area contributed by atoms with Crippen molar-refractivity contribution in [2.24, 2.45) is 0 Å². The third kappa shape index (κ3) is 5.51. The molecule has 0 fully saturated rings. The maximum Gasteiger partial charge on any atom is 0.251 e. The van der Waals surface area contributed by atoms with Crippen molar-refractivity contribution in [2.45, 2.75) is 48.0 Å². The summed E-state index contributed by atoms with van der Waals surface area (Å²) in [6, 6.07) is 6.00. The van der Waals surface area contributed by atoms with E-state index >= 15 is 0 Å². The quantitative estimate of drug-likeness (QED) is 0.777. The topological polar surface area (TPSA) is 32.3 Å². The van der Waals surface area contributed by atoms with Crippen LogP contribution in [0.3, 0.4) is 0 Å². The smallest absolute Gasteiger partial charge is 0.251 e. The van der Waals surface area contributed by atoms with Gasteiger partial charge in [0.25, 0.3) is 5.91 Å². The first-order valence-corrected chi connectivity index (χ1v) is 8.72. The number of rotatable bonds is 8. The van der Waals surface area contributed by atoms with E-state index in [0.29, 0.717) is 6.54 Å². The molecule has 0 aromatic heterocycles. The average molecular weight is 316 g/mol. The first-order valence-electron chi connectivity index (χ1n) is 8.72. The molecular formula is C20H32N2O. The molecule has 0 heterocycles. The monoisotopic (exact) mass is 316 g/mol. The van der Waals surface area contributed by atoms with Crippen LogP contribution in [-0.2, 0) is 0 Å². The molecule has 0 unspecified atom stereocenters. The summed E-state index contributed by atoms with van der Waals surface area (Å²) in [7, 11) is 0. The molecule has 1 aromatic rings. The molecule has 1 amide bonds. The fourth-order valence-electron chi connectivity index (χ4n) is 2.87. The van der Waals surface area contributed by atoms with E-state index in [-0.39, 0.29) is 5.91 Å². The lowest BCUT2D eigenvalue weighted by atomic mass is 9.93. The molecule has 1 N–H and O–H groups in total. The summed E-state index contributed by atoms with van der Waals surface area (Å²) in [5, 5.41) is 3.03. The minimum Gasteiger partial charge on any atom is -0.351 e. The van der Waals surface area contributed by atoms with Crippen molar-refractivity contribution in [1.82, 2.24) is 10.2 Å². The average Bonchev–Trinajstić information content (AvgIpc) is 2.53. The van der Waals surface area contributed by atoms with E-state index in [1.54, 1.807) is 0 Å². The van der Waals surface area contributed by atoms with Gasteiger partial charge in [-0.3, -0.25) is 4.79 Å². The summed E-state index contributed by atoms with van der Waals surface area (Å²) in [4.78, 5) is 14.7. The van der Waals surface area contributed by atoms with Gasteiger partial charge in [-0.15, -0.1) is 0 Å². The number of aryl methyl sites for hydroxylation is 1. The van der Waals surface area contributed by atoms with Crippen LogP contribution in [0.1, 0.15) is 62.5 Å². The second kappa shape index (κ2) is 9.51. The van der Waals surface area contributed by atoms with Gasteiger partial charge in [-0.25, -0.2) is 0 Å². The lowest BCUT2D eigenvalue weighted by molar-refractivity contribution is 0.0949. The first kappa shape index (κ1) is 19.4. The van der Waals surface area contributed by atoms with Crippen molar-refractivity contribution in [1.29, 1.82) is 0 Å². The van der Waals surface area contributed by atoms with Gasteiger partial charge in [-0.1, -0.05) is 32.4 Å². The number of carbonyl (C=O) groups is 1. The van der Waals surface area contributed by atoms with Gasteiger partial charge < -0.3 is 10.2 Å². The highest BCUT2D eigenvalue weighted by molar-refractivity contribution is 5.95. The standard InChI is InChI=1S/C20H32N2O/c1-7-18(15(4)5)19-14-17(11-10-16(19)6)20(23)21-12-13-22(8-2)9-3/h10-11,14H,7-9,12-13H2,1-6H3,(H,21,23). The van der Waals surface area contributed by atoms with Crippen LogP contribution >= 0.6 is 0 Å². The molecule has 3 nitrogen and oxygen atoms in total. The normalized spacial score (nSPS) is 10.7. The van der Waals surface area contributed by atoms with Crippen molar-refractivity contribution in [3.63, 3.8) is 0 Å². The summed E-state index contributed by atoms with van der Waals surface area (Å²) in [6.07, 6.45) is 0.982. The van der Waals surface area contributed by atoms with Crippen molar-refractivity contribution in [2.75, 3.05) is 26.2 Å². The maximum atomic E-state index is 12.4. The van der Waals surface area contributed by atoms with Gasteiger partial charge in [0.05, 0.1) is 0 Å². The van der Waals surface area contributed by atoms with Crippen LogP contribution in [0.25, 0.3) is 5.57 Å². The van der Waals surface area contributed by atoms with E-state index in [1.807, 2.05) is 18.2 Å². The molecule has 23 heavy (non-hydrogen) atoms. The van der Waals surface area contributed by atoms with Crippen LogP contribution in [0.4, 0.5) is 0 Å². The molecule has 0 saturated heterocycles. The Balaban J connectivity index is 2.85. The van der Waals surface area contributed by atoms with E-state index in [1.165, 1.54) is 22.3 Å². The molecule has 0 bridgehead atoms. The Kier molecular flexibility index (Phi) is 8.04. The van der Waals surface area contributed by atoms with Crippen LogP contribution in [0.15, 0.2) is 23.8 Å². The van der Waals surface area contributed by atoms with E-state index in [2.05, 4.69) is 51.8 Å². The number of benzene rings is 1. The SMILES string of the molecule is CCC(=C(C)C)c1cc(C(=O)NCCN(CC)CC)ccc1C. The Morgan fingerprint density at radius 1 is 1.13 bits per heavy atom. The molecule has 0 spiro atoms. The fraction of sp³-hybridized carbons (Fsp3) is 0.550. The van der Waals surface area contributed by atoms with Crippen LogP contribution in [0.2, 0.25) is 0 Å². The molecule has 1 rings (SSSR count). The van der Waals surface area contributed by atoms with Gasteiger partial charge in [0.2, 0.25) is 0 Å². The summed E-state index contributed by atoms with van der Waals surface area (Å²) in [5.74, 6) is 0.0163. The second-order valence-corrected chi connectivity index (χ2v) is 6.14. The van der Waals surface area contributed by atoms with Crippen LogP contribution in [0.5, 0.6) is 0 Å². The molecule has 0 radical (unpaired) electrons. The Labute approximate surface area is 141 Å². The second-order valence-electron chi connectivity index (χ2n) is 6.14. The molecule has 1 aromatic carbocycles. The van der Waals surface area contributed by atoms with Gasteiger partial charge >= 0.3 is 0 Å². The van der Waals surface area contributed by atoms with Gasteiger partial charge in [0.1, 0.15) is 0 Å².